The van der Waals surface area contributed by atoms with E-state index in [0.29, 0.717) is 0 Å². The van der Waals surface area contributed by atoms with Gasteiger partial charge in [-0.15, -0.1) is 0 Å². The molecule has 21 heavy (non-hydrogen) atoms. The minimum absolute atomic E-state index is 0.0180. The second-order valence-electron chi connectivity index (χ2n) is 5.01. The zero-order valence-corrected chi connectivity index (χ0v) is 11.8. The summed E-state index contributed by atoms with van der Waals surface area (Å²) >= 11 is 0. The van der Waals surface area contributed by atoms with E-state index in [1.54, 1.807) is 13.8 Å². The average molecular weight is 300 g/mol. The lowest BCUT2D eigenvalue weighted by Crippen LogP contribution is -2.45. The predicted octanol–water partition coefficient (Wildman–Crippen LogP) is 2.26. The van der Waals surface area contributed by atoms with Gasteiger partial charge in [0.2, 0.25) is 0 Å². The van der Waals surface area contributed by atoms with Gasteiger partial charge >= 0.3 is 12.0 Å². The molecule has 0 fully saturated rings. The molecular weight excluding hydrogens is 282 g/mol. The standard InChI is InChI=1S/C14H18F2N2O3/c1-8(2)12(6-13(19)20)18-14(21)17-7-9-5-10(15)3-4-11(9)16/h3-5,8,12H,6-7H2,1-2H3,(H,19,20)(H2,17,18,21). The summed E-state index contributed by atoms with van der Waals surface area (Å²) in [6.07, 6.45) is -0.209. The zero-order valence-electron chi connectivity index (χ0n) is 11.8. The minimum Gasteiger partial charge on any atom is -0.481 e. The number of hydrogen-bond donors (Lipinski definition) is 3. The first-order chi connectivity index (χ1) is 9.79. The van der Waals surface area contributed by atoms with Gasteiger partial charge in [-0.2, -0.15) is 0 Å². The van der Waals surface area contributed by atoms with Crippen LogP contribution in [0.2, 0.25) is 0 Å². The quantitative estimate of drug-likeness (QED) is 0.754. The highest BCUT2D eigenvalue weighted by Gasteiger charge is 2.19. The van der Waals surface area contributed by atoms with Gasteiger partial charge in [0.05, 0.1) is 6.42 Å². The number of hydrogen-bond acceptors (Lipinski definition) is 2. The molecule has 0 radical (unpaired) electrons. The third-order valence-corrected chi connectivity index (χ3v) is 2.96. The van der Waals surface area contributed by atoms with E-state index >= 15 is 0 Å². The summed E-state index contributed by atoms with van der Waals surface area (Å²) in [7, 11) is 0. The van der Waals surface area contributed by atoms with Crippen molar-refractivity contribution >= 4 is 12.0 Å². The van der Waals surface area contributed by atoms with Crippen LogP contribution in [-0.4, -0.2) is 23.1 Å². The highest BCUT2D eigenvalue weighted by atomic mass is 19.1. The smallest absolute Gasteiger partial charge is 0.315 e. The Morgan fingerprint density at radius 2 is 1.95 bits per heavy atom. The average Bonchev–Trinajstić information content (AvgIpc) is 2.38. The van der Waals surface area contributed by atoms with Gasteiger partial charge in [-0.05, 0) is 24.1 Å². The Balaban J connectivity index is 2.56. The van der Waals surface area contributed by atoms with E-state index in [9.17, 15) is 18.4 Å². The summed E-state index contributed by atoms with van der Waals surface area (Å²) in [5, 5.41) is 13.6. The molecule has 1 rings (SSSR count). The van der Waals surface area contributed by atoms with Gasteiger partial charge in [-0.1, -0.05) is 13.8 Å². The van der Waals surface area contributed by atoms with Gasteiger partial charge in [-0.3, -0.25) is 4.79 Å². The van der Waals surface area contributed by atoms with Crippen LogP contribution in [0.5, 0.6) is 0 Å². The summed E-state index contributed by atoms with van der Waals surface area (Å²) in [5.74, 6) is -2.31. The van der Waals surface area contributed by atoms with Crippen molar-refractivity contribution in [3.63, 3.8) is 0 Å². The van der Waals surface area contributed by atoms with Crippen molar-refractivity contribution in [2.24, 2.45) is 5.92 Å². The molecule has 1 aromatic carbocycles. The van der Waals surface area contributed by atoms with Crippen molar-refractivity contribution < 1.29 is 23.5 Å². The molecule has 5 nitrogen and oxygen atoms in total. The van der Waals surface area contributed by atoms with Crippen molar-refractivity contribution in [2.75, 3.05) is 0 Å². The zero-order chi connectivity index (χ0) is 16.0. The molecule has 1 aromatic rings. The van der Waals surface area contributed by atoms with Crippen LogP contribution in [0, 0.1) is 17.6 Å². The SMILES string of the molecule is CC(C)C(CC(=O)O)NC(=O)NCc1cc(F)ccc1F. The topological polar surface area (TPSA) is 78.4 Å². The highest BCUT2D eigenvalue weighted by Crippen LogP contribution is 2.09. The Morgan fingerprint density at radius 1 is 1.29 bits per heavy atom. The number of amides is 2. The van der Waals surface area contributed by atoms with E-state index < -0.39 is 29.7 Å². The molecule has 2 amide bonds. The molecule has 0 aliphatic rings. The Labute approximate surface area is 121 Å². The first-order valence-corrected chi connectivity index (χ1v) is 6.49. The normalized spacial score (nSPS) is 12.0. The van der Waals surface area contributed by atoms with Crippen LogP contribution < -0.4 is 10.6 Å². The summed E-state index contributed by atoms with van der Waals surface area (Å²) in [4.78, 5) is 22.4. The Morgan fingerprint density at radius 3 is 2.52 bits per heavy atom. The third-order valence-electron chi connectivity index (χ3n) is 2.96. The lowest BCUT2D eigenvalue weighted by molar-refractivity contribution is -0.137. The van der Waals surface area contributed by atoms with E-state index in [0.717, 1.165) is 18.2 Å². The fourth-order valence-corrected chi connectivity index (χ4v) is 1.72. The number of rotatable bonds is 6. The maximum Gasteiger partial charge on any atom is 0.315 e. The third kappa shape index (κ3) is 5.76. The van der Waals surface area contributed by atoms with E-state index in [1.807, 2.05) is 0 Å². The number of carboxylic acids is 1. The number of carbonyl (C=O) groups excluding carboxylic acids is 1. The molecule has 0 aromatic heterocycles. The molecule has 1 unspecified atom stereocenters. The first-order valence-electron chi connectivity index (χ1n) is 6.49. The molecule has 0 heterocycles. The van der Waals surface area contributed by atoms with E-state index in [2.05, 4.69) is 10.6 Å². The molecule has 0 bridgehead atoms. The van der Waals surface area contributed by atoms with E-state index in [4.69, 9.17) is 5.11 Å². The number of carbonyl (C=O) groups is 2. The van der Waals surface area contributed by atoms with Gasteiger partial charge in [0, 0.05) is 18.2 Å². The number of aliphatic carboxylic acids is 1. The number of carboxylic acid groups (broad SMARTS) is 1. The molecule has 0 saturated heterocycles. The summed E-state index contributed by atoms with van der Waals surface area (Å²) in [6.45, 7) is 3.37. The monoisotopic (exact) mass is 300 g/mol. The second-order valence-corrected chi connectivity index (χ2v) is 5.01. The second kappa shape index (κ2) is 7.56. The molecule has 1 atom stereocenters. The minimum atomic E-state index is -1.02. The Kier molecular flexibility index (Phi) is 6.08. The molecule has 0 saturated carbocycles. The van der Waals surface area contributed by atoms with Crippen LogP contribution in [0.3, 0.4) is 0 Å². The maximum absolute atomic E-state index is 13.4. The summed E-state index contributed by atoms with van der Waals surface area (Å²) in [6, 6.07) is 1.79. The molecule has 116 valence electrons. The van der Waals surface area contributed by atoms with Gasteiger partial charge < -0.3 is 15.7 Å². The lowest BCUT2D eigenvalue weighted by atomic mass is 10.0. The molecular formula is C14H18F2N2O3. The predicted molar refractivity (Wildman–Crippen MR) is 72.6 cm³/mol. The van der Waals surface area contributed by atoms with Gasteiger partial charge in [0.15, 0.2) is 0 Å². The highest BCUT2D eigenvalue weighted by molar-refractivity contribution is 5.75. The number of benzene rings is 1. The van der Waals surface area contributed by atoms with Crippen molar-refractivity contribution in [1.82, 2.24) is 10.6 Å². The summed E-state index contributed by atoms with van der Waals surface area (Å²) in [5.41, 5.74) is 0.0180. The van der Waals surface area contributed by atoms with Crippen LogP contribution in [0.15, 0.2) is 18.2 Å². The van der Waals surface area contributed by atoms with Crippen molar-refractivity contribution in [2.45, 2.75) is 32.9 Å². The van der Waals surface area contributed by atoms with Crippen LogP contribution in [-0.2, 0) is 11.3 Å². The number of urea groups is 1. The fourth-order valence-electron chi connectivity index (χ4n) is 1.72. The fraction of sp³-hybridized carbons (Fsp3) is 0.429. The Hall–Kier alpha value is -2.18. The molecule has 0 aliphatic carbocycles. The molecule has 0 aliphatic heterocycles. The lowest BCUT2D eigenvalue weighted by Gasteiger charge is -2.20. The van der Waals surface area contributed by atoms with E-state index in [1.165, 1.54) is 0 Å². The molecule has 3 N–H and O–H groups in total. The summed E-state index contributed by atoms with van der Waals surface area (Å²) < 4.78 is 26.3. The van der Waals surface area contributed by atoms with Crippen LogP contribution in [0.1, 0.15) is 25.8 Å². The van der Waals surface area contributed by atoms with E-state index in [-0.39, 0.29) is 24.4 Å². The van der Waals surface area contributed by atoms with Crippen LogP contribution in [0.4, 0.5) is 13.6 Å². The Bertz CT molecular complexity index is 521. The van der Waals surface area contributed by atoms with Crippen molar-refractivity contribution in [3.05, 3.63) is 35.4 Å². The van der Waals surface area contributed by atoms with Crippen molar-refractivity contribution in [1.29, 1.82) is 0 Å². The van der Waals surface area contributed by atoms with Crippen molar-refractivity contribution in [3.8, 4) is 0 Å². The first kappa shape index (κ1) is 16.9. The largest absolute Gasteiger partial charge is 0.481 e. The number of halogens is 2. The number of nitrogens with one attached hydrogen (secondary N) is 2. The van der Waals surface area contributed by atoms with Gasteiger partial charge in [0.25, 0.3) is 0 Å². The van der Waals surface area contributed by atoms with Gasteiger partial charge in [-0.25, -0.2) is 13.6 Å². The maximum atomic E-state index is 13.4. The van der Waals surface area contributed by atoms with Gasteiger partial charge in [0.1, 0.15) is 11.6 Å². The van der Waals surface area contributed by atoms with Crippen LogP contribution >= 0.6 is 0 Å². The van der Waals surface area contributed by atoms with Crippen LogP contribution in [0.25, 0.3) is 0 Å². The molecule has 0 spiro atoms. The molecule has 7 heteroatoms.